The predicted octanol–water partition coefficient (Wildman–Crippen LogP) is 3.73. The van der Waals surface area contributed by atoms with Gasteiger partial charge < -0.3 is 10.6 Å². The topological polar surface area (TPSA) is 41.6 Å². The molecule has 0 radical (unpaired) electrons. The molecular weight excluding hydrogens is 334 g/mol. The molecule has 0 aromatic heterocycles. The summed E-state index contributed by atoms with van der Waals surface area (Å²) in [6.45, 7) is 0.833. The lowest BCUT2D eigenvalue weighted by molar-refractivity contribution is 0.487. The molecular formula is C15H22BrN3S. The number of rotatable bonds is 7. The van der Waals surface area contributed by atoms with E-state index in [1.54, 1.807) is 0 Å². The number of hydrogen-bond donors (Lipinski definition) is 1. The van der Waals surface area contributed by atoms with Crippen LogP contribution in [0.4, 0.5) is 0 Å². The van der Waals surface area contributed by atoms with Crippen LogP contribution in [0.15, 0.2) is 38.6 Å². The van der Waals surface area contributed by atoms with Gasteiger partial charge in [-0.25, -0.2) is 0 Å². The molecule has 0 heterocycles. The van der Waals surface area contributed by atoms with E-state index in [9.17, 15) is 0 Å². The van der Waals surface area contributed by atoms with Crippen LogP contribution in [0, 0.1) is 0 Å². The molecule has 3 nitrogen and oxygen atoms in total. The number of nitrogens with zero attached hydrogens (tertiary/aromatic N) is 2. The van der Waals surface area contributed by atoms with E-state index in [1.807, 2.05) is 24.9 Å². The first-order valence-corrected chi connectivity index (χ1v) is 8.86. The zero-order valence-corrected chi connectivity index (χ0v) is 14.3. The third-order valence-corrected chi connectivity index (χ3v) is 5.49. The SMILES string of the molecule is CN(C(N)=NCCCCSc1ccccc1Br)C1CC1. The van der Waals surface area contributed by atoms with Gasteiger partial charge in [0, 0.05) is 29.0 Å². The predicted molar refractivity (Wildman–Crippen MR) is 91.4 cm³/mol. The van der Waals surface area contributed by atoms with Gasteiger partial charge in [-0.15, -0.1) is 11.8 Å². The summed E-state index contributed by atoms with van der Waals surface area (Å²) < 4.78 is 1.18. The van der Waals surface area contributed by atoms with Crippen LogP contribution in [-0.2, 0) is 0 Å². The molecule has 1 saturated carbocycles. The van der Waals surface area contributed by atoms with Crippen molar-refractivity contribution in [3.8, 4) is 0 Å². The standard InChI is InChI=1S/C15H22BrN3S/c1-19(12-8-9-12)15(17)18-10-4-5-11-20-14-7-3-2-6-13(14)16/h2-3,6-7,12H,4-5,8-11H2,1H3,(H2,17,18). The van der Waals surface area contributed by atoms with E-state index >= 15 is 0 Å². The van der Waals surface area contributed by atoms with Gasteiger partial charge in [0.1, 0.15) is 0 Å². The summed E-state index contributed by atoms with van der Waals surface area (Å²) in [5, 5.41) is 0. The van der Waals surface area contributed by atoms with Crippen molar-refractivity contribution in [3.05, 3.63) is 28.7 Å². The smallest absolute Gasteiger partial charge is 0.191 e. The quantitative estimate of drug-likeness (QED) is 0.350. The minimum Gasteiger partial charge on any atom is -0.370 e. The first kappa shape index (κ1) is 15.7. The number of hydrogen-bond acceptors (Lipinski definition) is 2. The molecule has 5 heteroatoms. The fourth-order valence-corrected chi connectivity index (χ4v) is 3.49. The van der Waals surface area contributed by atoms with Crippen LogP contribution >= 0.6 is 27.7 Å². The number of thioether (sulfide) groups is 1. The molecule has 0 spiro atoms. The monoisotopic (exact) mass is 355 g/mol. The van der Waals surface area contributed by atoms with Gasteiger partial charge >= 0.3 is 0 Å². The lowest BCUT2D eigenvalue weighted by Crippen LogP contribution is -2.35. The average Bonchev–Trinajstić information content (AvgIpc) is 3.28. The third kappa shape index (κ3) is 5.02. The van der Waals surface area contributed by atoms with Gasteiger partial charge in [0.05, 0.1) is 0 Å². The van der Waals surface area contributed by atoms with Gasteiger partial charge in [0.15, 0.2) is 5.96 Å². The summed E-state index contributed by atoms with van der Waals surface area (Å²) in [5.74, 6) is 1.82. The molecule has 1 aromatic carbocycles. The molecule has 1 fully saturated rings. The van der Waals surface area contributed by atoms with E-state index in [0.29, 0.717) is 12.0 Å². The van der Waals surface area contributed by atoms with E-state index in [0.717, 1.165) is 25.1 Å². The lowest BCUT2D eigenvalue weighted by atomic mass is 10.3. The third-order valence-electron chi connectivity index (χ3n) is 3.38. The van der Waals surface area contributed by atoms with Gasteiger partial charge in [-0.3, -0.25) is 4.99 Å². The summed E-state index contributed by atoms with van der Waals surface area (Å²) >= 11 is 5.46. The van der Waals surface area contributed by atoms with E-state index in [2.05, 4.69) is 44.0 Å². The van der Waals surface area contributed by atoms with Crippen LogP contribution in [0.25, 0.3) is 0 Å². The molecule has 0 aliphatic heterocycles. The average molecular weight is 356 g/mol. The zero-order valence-electron chi connectivity index (χ0n) is 11.9. The Hall–Kier alpha value is -0.680. The first-order valence-electron chi connectivity index (χ1n) is 7.08. The second-order valence-electron chi connectivity index (χ2n) is 5.07. The Kier molecular flexibility index (Phi) is 6.23. The Bertz CT molecular complexity index is 460. The summed E-state index contributed by atoms with van der Waals surface area (Å²) in [4.78, 5) is 7.87. The highest BCUT2D eigenvalue weighted by atomic mass is 79.9. The van der Waals surface area contributed by atoms with Crippen molar-refractivity contribution in [2.75, 3.05) is 19.3 Å². The molecule has 1 aliphatic rings. The molecule has 1 aromatic rings. The summed E-state index contributed by atoms with van der Waals surface area (Å²) in [6.07, 6.45) is 4.78. The maximum atomic E-state index is 5.95. The van der Waals surface area contributed by atoms with Crippen LogP contribution in [0.2, 0.25) is 0 Å². The second-order valence-corrected chi connectivity index (χ2v) is 7.06. The van der Waals surface area contributed by atoms with Gasteiger partial charge in [0.25, 0.3) is 0 Å². The molecule has 2 N–H and O–H groups in total. The summed E-state index contributed by atoms with van der Waals surface area (Å²) in [5.41, 5.74) is 5.95. The molecule has 20 heavy (non-hydrogen) atoms. The Labute approximate surface area is 134 Å². The summed E-state index contributed by atoms with van der Waals surface area (Å²) in [6, 6.07) is 8.99. The molecule has 0 atom stereocenters. The lowest BCUT2D eigenvalue weighted by Gasteiger charge is -2.16. The van der Waals surface area contributed by atoms with Crippen molar-refractivity contribution in [1.82, 2.24) is 4.90 Å². The Morgan fingerprint density at radius 1 is 1.40 bits per heavy atom. The second kappa shape index (κ2) is 7.93. The van der Waals surface area contributed by atoms with E-state index in [-0.39, 0.29) is 0 Å². The highest BCUT2D eigenvalue weighted by Crippen LogP contribution is 2.27. The van der Waals surface area contributed by atoms with Gasteiger partial charge in [-0.05, 0) is 59.5 Å². The molecule has 1 aliphatic carbocycles. The molecule has 0 bridgehead atoms. The minimum atomic E-state index is 0.643. The van der Waals surface area contributed by atoms with Crippen molar-refractivity contribution in [2.45, 2.75) is 36.6 Å². The van der Waals surface area contributed by atoms with Crippen molar-refractivity contribution in [1.29, 1.82) is 0 Å². The highest BCUT2D eigenvalue weighted by Gasteiger charge is 2.27. The number of aliphatic imine (C=N–C) groups is 1. The van der Waals surface area contributed by atoms with E-state index in [4.69, 9.17) is 5.73 Å². The van der Waals surface area contributed by atoms with Crippen LogP contribution in [0.5, 0.6) is 0 Å². The van der Waals surface area contributed by atoms with Crippen molar-refractivity contribution >= 4 is 33.7 Å². The summed E-state index contributed by atoms with van der Waals surface area (Å²) in [7, 11) is 2.04. The number of benzene rings is 1. The van der Waals surface area contributed by atoms with Crippen molar-refractivity contribution in [3.63, 3.8) is 0 Å². The number of nitrogens with two attached hydrogens (primary N) is 1. The maximum absolute atomic E-state index is 5.95. The van der Waals surface area contributed by atoms with E-state index in [1.165, 1.54) is 22.2 Å². The zero-order chi connectivity index (χ0) is 14.4. The van der Waals surface area contributed by atoms with Crippen molar-refractivity contribution in [2.24, 2.45) is 10.7 Å². The van der Waals surface area contributed by atoms with Crippen LogP contribution in [0.3, 0.4) is 0 Å². The van der Waals surface area contributed by atoms with Crippen molar-refractivity contribution < 1.29 is 0 Å². The Morgan fingerprint density at radius 2 is 2.15 bits per heavy atom. The van der Waals surface area contributed by atoms with Crippen LogP contribution in [0.1, 0.15) is 25.7 Å². The van der Waals surface area contributed by atoms with Gasteiger partial charge in [-0.1, -0.05) is 12.1 Å². The van der Waals surface area contributed by atoms with Gasteiger partial charge in [-0.2, -0.15) is 0 Å². The van der Waals surface area contributed by atoms with Gasteiger partial charge in [0.2, 0.25) is 0 Å². The maximum Gasteiger partial charge on any atom is 0.191 e. The molecule has 0 amide bonds. The highest BCUT2D eigenvalue weighted by molar-refractivity contribution is 9.10. The number of halogens is 1. The Morgan fingerprint density at radius 3 is 2.85 bits per heavy atom. The molecule has 110 valence electrons. The van der Waals surface area contributed by atoms with E-state index < -0.39 is 0 Å². The minimum absolute atomic E-state index is 0.643. The first-order chi connectivity index (χ1) is 9.68. The van der Waals surface area contributed by atoms with Crippen LogP contribution < -0.4 is 5.73 Å². The molecule has 0 unspecified atom stereocenters. The molecule has 2 rings (SSSR count). The normalized spacial score (nSPS) is 15.4. The Balaban J connectivity index is 1.60. The number of guanidine groups is 1. The fraction of sp³-hybridized carbons (Fsp3) is 0.533. The van der Waals surface area contributed by atoms with Crippen LogP contribution in [-0.4, -0.2) is 36.2 Å². The number of unbranched alkanes of at least 4 members (excludes halogenated alkanes) is 1. The largest absolute Gasteiger partial charge is 0.370 e. The fourth-order valence-electron chi connectivity index (χ4n) is 1.91. The molecule has 0 saturated heterocycles.